The molecule has 0 aromatic rings. The Morgan fingerprint density at radius 3 is 2.19 bits per heavy atom. The van der Waals surface area contributed by atoms with E-state index in [0.29, 0.717) is 17.8 Å². The lowest BCUT2D eigenvalue weighted by Crippen LogP contribution is -2.64. The Bertz CT molecular complexity index is 996. The van der Waals surface area contributed by atoms with E-state index in [0.717, 1.165) is 38.5 Å². The van der Waals surface area contributed by atoms with Gasteiger partial charge in [-0.2, -0.15) is 0 Å². The Kier molecular flexibility index (Phi) is 5.74. The standard InChI is InChI=1S/C32H50O4/c1-20(33)36-25-12-13-30(6)23(27(25,2)3)11-14-32(8)24(30)10-9-21-22-19-29(5,26(34)35)16-15-28(22,4)17-18-31(21,32)7/h9,22-25H,10-19H2,1-8H3,(H,34,35)/t22-,23-,24+,25-,28-,29-,30-,31-,32-/m1/s1. The third kappa shape index (κ3) is 3.30. The summed E-state index contributed by atoms with van der Waals surface area (Å²) in [6, 6.07) is 0. The van der Waals surface area contributed by atoms with Gasteiger partial charge in [0.05, 0.1) is 5.41 Å². The van der Waals surface area contributed by atoms with E-state index >= 15 is 0 Å². The zero-order valence-electron chi connectivity index (χ0n) is 24.1. The normalized spacial score (nSPS) is 51.5. The van der Waals surface area contributed by atoms with E-state index in [1.807, 2.05) is 6.92 Å². The van der Waals surface area contributed by atoms with E-state index in [1.165, 1.54) is 25.7 Å². The third-order valence-electron chi connectivity index (χ3n) is 13.6. The summed E-state index contributed by atoms with van der Waals surface area (Å²) in [4.78, 5) is 24.2. The van der Waals surface area contributed by atoms with Gasteiger partial charge in [-0.25, -0.2) is 0 Å². The van der Waals surface area contributed by atoms with Crippen LogP contribution < -0.4 is 0 Å². The average Bonchev–Trinajstić information content (AvgIpc) is 2.77. The summed E-state index contributed by atoms with van der Waals surface area (Å²) in [5.74, 6) is 0.760. The number of allylic oxidation sites excluding steroid dienone is 2. The monoisotopic (exact) mass is 498 g/mol. The first-order chi connectivity index (χ1) is 16.5. The van der Waals surface area contributed by atoms with Crippen molar-refractivity contribution in [2.75, 3.05) is 0 Å². The van der Waals surface area contributed by atoms with Crippen LogP contribution in [0.4, 0.5) is 0 Å². The van der Waals surface area contributed by atoms with Gasteiger partial charge in [-0.3, -0.25) is 9.59 Å². The molecule has 0 bridgehead atoms. The van der Waals surface area contributed by atoms with Crippen molar-refractivity contribution >= 4 is 11.9 Å². The molecule has 0 spiro atoms. The van der Waals surface area contributed by atoms with E-state index in [4.69, 9.17) is 4.74 Å². The van der Waals surface area contributed by atoms with Crippen LogP contribution in [0.1, 0.15) is 120 Å². The largest absolute Gasteiger partial charge is 0.481 e. The van der Waals surface area contributed by atoms with E-state index < -0.39 is 11.4 Å². The number of rotatable bonds is 2. The number of carbonyl (C=O) groups is 2. The minimum Gasteiger partial charge on any atom is -0.481 e. The van der Waals surface area contributed by atoms with E-state index in [9.17, 15) is 14.7 Å². The molecule has 0 heterocycles. The molecule has 5 rings (SSSR count). The molecule has 0 aliphatic heterocycles. The number of carboxylic acids is 1. The molecule has 4 saturated carbocycles. The Labute approximate surface area is 219 Å². The van der Waals surface area contributed by atoms with Crippen molar-refractivity contribution in [3.8, 4) is 0 Å². The van der Waals surface area contributed by atoms with Crippen LogP contribution in [0.25, 0.3) is 0 Å². The molecular weight excluding hydrogens is 448 g/mol. The fourth-order valence-electron chi connectivity index (χ4n) is 10.9. The van der Waals surface area contributed by atoms with Gasteiger partial charge < -0.3 is 9.84 Å². The molecular formula is C32H50O4. The molecule has 5 aliphatic carbocycles. The molecule has 0 radical (unpaired) electrons. The van der Waals surface area contributed by atoms with Crippen LogP contribution in [-0.2, 0) is 14.3 Å². The second-order valence-corrected chi connectivity index (χ2v) is 15.5. The number of ether oxygens (including phenoxy) is 1. The molecule has 0 aromatic carbocycles. The number of carboxylic acid groups (broad SMARTS) is 1. The van der Waals surface area contributed by atoms with Crippen molar-refractivity contribution in [2.24, 2.45) is 50.2 Å². The summed E-state index contributed by atoms with van der Waals surface area (Å²) in [6.07, 6.45) is 13.3. The molecule has 202 valence electrons. The lowest BCUT2D eigenvalue weighted by atomic mass is 9.33. The highest BCUT2D eigenvalue weighted by atomic mass is 16.5. The number of fused-ring (bicyclic) bond motifs is 7. The smallest absolute Gasteiger partial charge is 0.309 e. The van der Waals surface area contributed by atoms with Crippen LogP contribution in [0.15, 0.2) is 11.6 Å². The number of hydrogen-bond acceptors (Lipinski definition) is 3. The molecule has 4 fully saturated rings. The maximum absolute atomic E-state index is 12.3. The Hall–Kier alpha value is -1.32. The van der Waals surface area contributed by atoms with E-state index in [2.05, 4.69) is 47.6 Å². The average molecular weight is 499 g/mol. The number of aliphatic carboxylic acids is 1. The molecule has 36 heavy (non-hydrogen) atoms. The second kappa shape index (κ2) is 7.85. The SMILES string of the molecule is CC(=O)O[C@@H]1CC[C@]2(C)[C@H](CC[C@]3(C)[C@H]2CC=C2[C@H]4C[C@](C)(C(=O)O)CC[C@]4(C)CC[C@]23C)C1(C)C. The molecule has 0 saturated heterocycles. The van der Waals surface area contributed by atoms with Gasteiger partial charge in [-0.1, -0.05) is 53.2 Å². The molecule has 0 aromatic heterocycles. The molecule has 9 atom stereocenters. The Morgan fingerprint density at radius 2 is 1.56 bits per heavy atom. The van der Waals surface area contributed by atoms with Gasteiger partial charge in [0.15, 0.2) is 0 Å². The van der Waals surface area contributed by atoms with Crippen LogP contribution in [0.2, 0.25) is 0 Å². The van der Waals surface area contributed by atoms with Gasteiger partial charge in [0.1, 0.15) is 6.10 Å². The molecule has 0 amide bonds. The van der Waals surface area contributed by atoms with Crippen molar-refractivity contribution in [2.45, 2.75) is 126 Å². The summed E-state index contributed by atoms with van der Waals surface area (Å²) in [5, 5.41) is 10.1. The first-order valence-corrected chi connectivity index (χ1v) is 14.6. The highest BCUT2D eigenvalue weighted by molar-refractivity contribution is 5.74. The maximum Gasteiger partial charge on any atom is 0.309 e. The van der Waals surface area contributed by atoms with Crippen LogP contribution in [0.5, 0.6) is 0 Å². The molecule has 1 N–H and O–H groups in total. The molecule has 4 nitrogen and oxygen atoms in total. The highest BCUT2D eigenvalue weighted by Gasteiger charge is 2.68. The topological polar surface area (TPSA) is 63.6 Å². The van der Waals surface area contributed by atoms with Crippen molar-refractivity contribution in [3.05, 3.63) is 11.6 Å². The number of hydrogen-bond donors (Lipinski definition) is 1. The number of esters is 1. The maximum atomic E-state index is 12.3. The quantitative estimate of drug-likeness (QED) is 0.311. The van der Waals surface area contributed by atoms with Crippen molar-refractivity contribution in [3.63, 3.8) is 0 Å². The highest BCUT2D eigenvalue weighted by Crippen LogP contribution is 2.75. The third-order valence-corrected chi connectivity index (χ3v) is 13.6. The second-order valence-electron chi connectivity index (χ2n) is 15.5. The Balaban J connectivity index is 1.53. The van der Waals surface area contributed by atoms with Crippen LogP contribution in [0.3, 0.4) is 0 Å². The lowest BCUT2D eigenvalue weighted by Gasteiger charge is -2.71. The predicted octanol–water partition coefficient (Wildman–Crippen LogP) is 7.80. The van der Waals surface area contributed by atoms with E-state index in [-0.39, 0.29) is 39.1 Å². The van der Waals surface area contributed by atoms with Gasteiger partial charge in [0, 0.05) is 12.3 Å². The molecule has 5 aliphatic rings. The predicted molar refractivity (Wildman–Crippen MR) is 142 cm³/mol. The summed E-state index contributed by atoms with van der Waals surface area (Å²) in [6.45, 7) is 18.4. The molecule has 0 unspecified atom stereocenters. The lowest BCUT2D eigenvalue weighted by molar-refractivity contribution is -0.212. The zero-order valence-corrected chi connectivity index (χ0v) is 24.1. The number of carbonyl (C=O) groups excluding carboxylic acids is 1. The van der Waals surface area contributed by atoms with Crippen LogP contribution in [0, 0.1) is 50.2 Å². The fraction of sp³-hybridized carbons (Fsp3) is 0.875. The van der Waals surface area contributed by atoms with Gasteiger partial charge in [0.2, 0.25) is 0 Å². The van der Waals surface area contributed by atoms with Crippen LogP contribution in [-0.4, -0.2) is 23.1 Å². The van der Waals surface area contributed by atoms with Gasteiger partial charge in [0.25, 0.3) is 0 Å². The van der Waals surface area contributed by atoms with Gasteiger partial charge in [-0.15, -0.1) is 0 Å². The summed E-state index contributed by atoms with van der Waals surface area (Å²) in [7, 11) is 0. The summed E-state index contributed by atoms with van der Waals surface area (Å²) >= 11 is 0. The van der Waals surface area contributed by atoms with Gasteiger partial charge >= 0.3 is 11.9 Å². The van der Waals surface area contributed by atoms with Crippen molar-refractivity contribution in [1.29, 1.82) is 0 Å². The Morgan fingerprint density at radius 1 is 0.889 bits per heavy atom. The molecule has 4 heteroatoms. The van der Waals surface area contributed by atoms with Crippen LogP contribution >= 0.6 is 0 Å². The zero-order chi connectivity index (χ0) is 26.5. The van der Waals surface area contributed by atoms with Crippen molar-refractivity contribution in [1.82, 2.24) is 0 Å². The summed E-state index contributed by atoms with van der Waals surface area (Å²) in [5.41, 5.74) is 1.77. The fourth-order valence-corrected chi connectivity index (χ4v) is 10.9. The summed E-state index contributed by atoms with van der Waals surface area (Å²) < 4.78 is 5.88. The first-order valence-electron chi connectivity index (χ1n) is 14.6. The van der Waals surface area contributed by atoms with Gasteiger partial charge in [-0.05, 0) is 111 Å². The van der Waals surface area contributed by atoms with Crippen molar-refractivity contribution < 1.29 is 19.4 Å². The van der Waals surface area contributed by atoms with E-state index in [1.54, 1.807) is 12.5 Å². The first kappa shape index (κ1) is 26.3. The minimum atomic E-state index is -0.614. The minimum absolute atomic E-state index is 0.00837.